The molecule has 0 spiro atoms. The highest BCUT2D eigenvalue weighted by Gasteiger charge is 2.21. The van der Waals surface area contributed by atoms with E-state index < -0.39 is 0 Å². The van der Waals surface area contributed by atoms with Crippen LogP contribution in [0.4, 0.5) is 0 Å². The van der Waals surface area contributed by atoms with Gasteiger partial charge in [0.2, 0.25) is 5.91 Å². The van der Waals surface area contributed by atoms with Crippen LogP contribution in [0.15, 0.2) is 29.1 Å². The summed E-state index contributed by atoms with van der Waals surface area (Å²) >= 11 is 1.64. The van der Waals surface area contributed by atoms with Crippen molar-refractivity contribution in [1.29, 1.82) is 0 Å². The minimum absolute atomic E-state index is 0.00488. The molecule has 7 heteroatoms. The van der Waals surface area contributed by atoms with Gasteiger partial charge in [0.15, 0.2) is 0 Å². The van der Waals surface area contributed by atoms with E-state index in [2.05, 4.69) is 9.97 Å². The van der Waals surface area contributed by atoms with Gasteiger partial charge in [-0.25, -0.2) is 9.78 Å². The summed E-state index contributed by atoms with van der Waals surface area (Å²) in [7, 11) is 1.79. The van der Waals surface area contributed by atoms with Crippen molar-refractivity contribution >= 4 is 28.3 Å². The minimum Gasteiger partial charge on any atom is -0.337 e. The van der Waals surface area contributed by atoms with Crippen LogP contribution < -0.4 is 5.69 Å². The Labute approximate surface area is 150 Å². The molecule has 0 unspecified atom stereocenters. The van der Waals surface area contributed by atoms with E-state index >= 15 is 0 Å². The van der Waals surface area contributed by atoms with Crippen LogP contribution in [0.2, 0.25) is 0 Å². The first kappa shape index (κ1) is 17.4. The molecule has 1 atom stereocenters. The Hall–Kier alpha value is -2.41. The number of H-pyrrole nitrogens is 1. The highest BCUT2D eigenvalue weighted by atomic mass is 32.1. The van der Waals surface area contributed by atoms with Gasteiger partial charge in [0, 0.05) is 24.9 Å². The summed E-state index contributed by atoms with van der Waals surface area (Å²) in [5.74, 6) is -0.00488. The molecule has 1 aromatic carbocycles. The highest BCUT2D eigenvalue weighted by Crippen LogP contribution is 2.26. The van der Waals surface area contributed by atoms with Crippen LogP contribution in [0.3, 0.4) is 0 Å². The fraction of sp³-hybridized carbons (Fsp3) is 0.389. The van der Waals surface area contributed by atoms with Gasteiger partial charge in [-0.2, -0.15) is 0 Å². The van der Waals surface area contributed by atoms with Crippen molar-refractivity contribution in [3.63, 3.8) is 0 Å². The highest BCUT2D eigenvalue weighted by molar-refractivity contribution is 7.11. The lowest BCUT2D eigenvalue weighted by atomic mass is 10.2. The number of imidazole rings is 1. The third kappa shape index (κ3) is 3.37. The number of carbonyl (C=O) groups excluding carboxylic acids is 1. The molecule has 0 aliphatic heterocycles. The summed E-state index contributed by atoms with van der Waals surface area (Å²) in [6.45, 7) is 6.34. The van der Waals surface area contributed by atoms with Crippen molar-refractivity contribution < 1.29 is 4.79 Å². The molecule has 0 aliphatic rings. The average Bonchev–Trinajstić information content (AvgIpc) is 3.09. The fourth-order valence-electron chi connectivity index (χ4n) is 3.04. The molecule has 0 aliphatic carbocycles. The Kier molecular flexibility index (Phi) is 4.76. The van der Waals surface area contributed by atoms with E-state index in [9.17, 15) is 9.59 Å². The van der Waals surface area contributed by atoms with Gasteiger partial charge in [-0.3, -0.25) is 9.36 Å². The maximum atomic E-state index is 12.6. The minimum atomic E-state index is -0.185. The number of fused-ring (bicyclic) bond motifs is 1. The largest absolute Gasteiger partial charge is 0.337 e. The summed E-state index contributed by atoms with van der Waals surface area (Å²) in [4.78, 5) is 34.9. The number of amides is 1. The maximum Gasteiger partial charge on any atom is 0.326 e. The van der Waals surface area contributed by atoms with Gasteiger partial charge in [-0.05, 0) is 32.9 Å². The average molecular weight is 358 g/mol. The Bertz CT molecular complexity index is 969. The van der Waals surface area contributed by atoms with Crippen LogP contribution in [-0.2, 0) is 11.3 Å². The number of aromatic amines is 1. The van der Waals surface area contributed by atoms with E-state index in [4.69, 9.17) is 0 Å². The number of para-hydroxylation sites is 2. The van der Waals surface area contributed by atoms with Crippen molar-refractivity contribution in [2.45, 2.75) is 39.8 Å². The van der Waals surface area contributed by atoms with Crippen LogP contribution in [-0.4, -0.2) is 32.4 Å². The van der Waals surface area contributed by atoms with Gasteiger partial charge in [-0.15, -0.1) is 11.3 Å². The molecule has 1 amide bonds. The number of rotatable bonds is 5. The molecule has 3 aromatic rings. The second-order valence-corrected chi connectivity index (χ2v) is 7.61. The molecule has 132 valence electrons. The number of benzene rings is 1. The van der Waals surface area contributed by atoms with Gasteiger partial charge in [0.1, 0.15) is 0 Å². The molecule has 3 rings (SSSR count). The normalized spacial score (nSPS) is 12.5. The number of carbonyl (C=O) groups is 1. The van der Waals surface area contributed by atoms with Crippen LogP contribution in [0.1, 0.15) is 35.0 Å². The predicted molar refractivity (Wildman–Crippen MR) is 99.9 cm³/mol. The molecule has 0 bridgehead atoms. The topological polar surface area (TPSA) is 71.0 Å². The predicted octanol–water partition coefficient (Wildman–Crippen LogP) is 3.01. The molecule has 25 heavy (non-hydrogen) atoms. The summed E-state index contributed by atoms with van der Waals surface area (Å²) in [5.41, 5.74) is 2.37. The van der Waals surface area contributed by atoms with Crippen LogP contribution >= 0.6 is 11.3 Å². The molecule has 2 aromatic heterocycles. The second kappa shape index (κ2) is 6.84. The second-order valence-electron chi connectivity index (χ2n) is 6.20. The molecular formula is C18H22N4O2S. The lowest BCUT2D eigenvalue weighted by Crippen LogP contribution is -2.31. The van der Waals surface area contributed by atoms with Crippen molar-refractivity contribution in [3.05, 3.63) is 50.3 Å². The van der Waals surface area contributed by atoms with Gasteiger partial charge in [-0.1, -0.05) is 12.1 Å². The molecular weight excluding hydrogens is 336 g/mol. The SMILES string of the molecule is Cc1nc([C@H](C)N(C)C(=O)CCn2c(=O)[nH]c3ccccc32)c(C)s1. The number of nitrogens with zero attached hydrogens (tertiary/aromatic N) is 3. The number of hydrogen-bond donors (Lipinski definition) is 1. The van der Waals surface area contributed by atoms with Crippen molar-refractivity contribution in [2.75, 3.05) is 7.05 Å². The Morgan fingerprint density at radius 1 is 1.36 bits per heavy atom. The first-order chi connectivity index (χ1) is 11.9. The zero-order chi connectivity index (χ0) is 18.1. The van der Waals surface area contributed by atoms with Gasteiger partial charge in [0.05, 0.1) is 27.8 Å². The monoisotopic (exact) mass is 358 g/mol. The lowest BCUT2D eigenvalue weighted by molar-refractivity contribution is -0.132. The van der Waals surface area contributed by atoms with Crippen LogP contribution in [0, 0.1) is 13.8 Å². The first-order valence-electron chi connectivity index (χ1n) is 8.25. The van der Waals surface area contributed by atoms with E-state index in [1.54, 1.807) is 27.9 Å². The van der Waals surface area contributed by atoms with Gasteiger partial charge < -0.3 is 9.88 Å². The van der Waals surface area contributed by atoms with E-state index in [-0.39, 0.29) is 24.1 Å². The summed E-state index contributed by atoms with van der Waals surface area (Å²) in [6.07, 6.45) is 0.269. The number of aromatic nitrogens is 3. The van der Waals surface area contributed by atoms with Crippen molar-refractivity contribution in [1.82, 2.24) is 19.4 Å². The summed E-state index contributed by atoms with van der Waals surface area (Å²) < 4.78 is 1.62. The van der Waals surface area contributed by atoms with Gasteiger partial charge >= 0.3 is 5.69 Å². The zero-order valence-electron chi connectivity index (χ0n) is 14.9. The molecule has 2 heterocycles. The van der Waals surface area contributed by atoms with E-state index in [1.807, 2.05) is 45.0 Å². The maximum absolute atomic E-state index is 12.6. The third-order valence-corrected chi connectivity index (χ3v) is 5.44. The van der Waals surface area contributed by atoms with Crippen molar-refractivity contribution in [2.24, 2.45) is 0 Å². The molecule has 0 fully saturated rings. The standard InChI is InChI=1S/C18H22N4O2S/c1-11(17-12(2)25-13(3)19-17)21(4)16(23)9-10-22-15-8-6-5-7-14(15)20-18(22)24/h5-8,11H,9-10H2,1-4H3,(H,20,24)/t11-/m0/s1. The zero-order valence-corrected chi connectivity index (χ0v) is 15.7. The van der Waals surface area contributed by atoms with E-state index in [0.29, 0.717) is 6.54 Å². The number of aryl methyl sites for hydroxylation is 3. The Morgan fingerprint density at radius 2 is 2.08 bits per heavy atom. The Morgan fingerprint density at radius 3 is 2.76 bits per heavy atom. The quantitative estimate of drug-likeness (QED) is 0.762. The molecule has 1 N–H and O–H groups in total. The fourth-order valence-corrected chi connectivity index (χ4v) is 3.95. The van der Waals surface area contributed by atoms with E-state index in [0.717, 1.165) is 26.6 Å². The summed E-state index contributed by atoms with van der Waals surface area (Å²) in [6, 6.07) is 7.41. The lowest BCUT2D eigenvalue weighted by Gasteiger charge is -2.24. The molecule has 6 nitrogen and oxygen atoms in total. The number of thiazole rings is 1. The molecule has 0 saturated carbocycles. The van der Waals surface area contributed by atoms with Crippen LogP contribution in [0.25, 0.3) is 11.0 Å². The first-order valence-corrected chi connectivity index (χ1v) is 9.07. The van der Waals surface area contributed by atoms with Crippen molar-refractivity contribution in [3.8, 4) is 0 Å². The smallest absolute Gasteiger partial charge is 0.326 e. The Balaban J connectivity index is 1.72. The van der Waals surface area contributed by atoms with Gasteiger partial charge in [0.25, 0.3) is 0 Å². The summed E-state index contributed by atoms with van der Waals surface area (Å²) in [5, 5.41) is 1.01. The molecule has 0 radical (unpaired) electrons. The van der Waals surface area contributed by atoms with E-state index in [1.165, 1.54) is 0 Å². The third-order valence-electron chi connectivity index (χ3n) is 4.54. The number of hydrogen-bond acceptors (Lipinski definition) is 4. The van der Waals surface area contributed by atoms with Crippen LogP contribution in [0.5, 0.6) is 0 Å². The molecule has 0 saturated heterocycles. The number of nitrogens with one attached hydrogen (secondary N) is 1.